The van der Waals surface area contributed by atoms with Gasteiger partial charge in [-0.05, 0) is 13.3 Å². The van der Waals surface area contributed by atoms with E-state index in [1.165, 1.54) is 5.01 Å². The Hall–Kier alpha value is -1.03. The molecule has 4 heteroatoms. The van der Waals surface area contributed by atoms with Gasteiger partial charge >= 0.3 is 5.97 Å². The number of hydrogen-bond donors (Lipinski definition) is 2. The molecule has 0 atom stereocenters. The SMILES string of the molecule is CCC/C(C)=C\N(N)CC(=O)O. The highest BCUT2D eigenvalue weighted by atomic mass is 16.4. The van der Waals surface area contributed by atoms with Crippen LogP contribution >= 0.6 is 0 Å². The van der Waals surface area contributed by atoms with E-state index in [0.29, 0.717) is 0 Å². The smallest absolute Gasteiger partial charge is 0.324 e. The van der Waals surface area contributed by atoms with Crippen LogP contribution in [0.2, 0.25) is 0 Å². The third-order valence-corrected chi connectivity index (χ3v) is 1.35. The summed E-state index contributed by atoms with van der Waals surface area (Å²) in [5, 5.41) is 9.56. The molecule has 0 aromatic rings. The van der Waals surface area contributed by atoms with E-state index in [1.54, 1.807) is 6.20 Å². The molecule has 3 N–H and O–H groups in total. The summed E-state index contributed by atoms with van der Waals surface area (Å²) in [5.41, 5.74) is 1.10. The lowest BCUT2D eigenvalue weighted by Crippen LogP contribution is -2.31. The second-order valence-electron chi connectivity index (χ2n) is 2.79. The highest BCUT2D eigenvalue weighted by Crippen LogP contribution is 2.02. The van der Waals surface area contributed by atoms with Gasteiger partial charge in [0.15, 0.2) is 0 Å². The van der Waals surface area contributed by atoms with Crippen molar-refractivity contribution in [2.75, 3.05) is 6.54 Å². The van der Waals surface area contributed by atoms with Crippen molar-refractivity contribution in [2.45, 2.75) is 26.7 Å². The lowest BCUT2D eigenvalue weighted by Gasteiger charge is -2.11. The van der Waals surface area contributed by atoms with Crippen LogP contribution in [0.5, 0.6) is 0 Å². The van der Waals surface area contributed by atoms with E-state index in [9.17, 15) is 4.79 Å². The van der Waals surface area contributed by atoms with Crippen molar-refractivity contribution in [2.24, 2.45) is 5.84 Å². The average Bonchev–Trinajstić information content (AvgIpc) is 1.84. The second kappa shape index (κ2) is 5.60. The largest absolute Gasteiger partial charge is 0.480 e. The summed E-state index contributed by atoms with van der Waals surface area (Å²) in [4.78, 5) is 10.2. The van der Waals surface area contributed by atoms with E-state index < -0.39 is 5.97 Å². The molecule has 0 aliphatic rings. The highest BCUT2D eigenvalue weighted by molar-refractivity contribution is 5.69. The summed E-state index contributed by atoms with van der Waals surface area (Å²) in [6.45, 7) is 3.85. The zero-order valence-corrected chi connectivity index (χ0v) is 7.58. The van der Waals surface area contributed by atoms with Gasteiger partial charge in [-0.3, -0.25) is 4.79 Å². The van der Waals surface area contributed by atoms with E-state index in [0.717, 1.165) is 18.4 Å². The van der Waals surface area contributed by atoms with Gasteiger partial charge in [0.25, 0.3) is 0 Å². The van der Waals surface area contributed by atoms with Gasteiger partial charge in [0.1, 0.15) is 6.54 Å². The van der Waals surface area contributed by atoms with Crippen LogP contribution < -0.4 is 5.84 Å². The number of hydrazine groups is 1. The Balaban J connectivity index is 3.86. The Morgan fingerprint density at radius 2 is 2.25 bits per heavy atom. The van der Waals surface area contributed by atoms with Crippen molar-refractivity contribution in [3.05, 3.63) is 11.8 Å². The number of carbonyl (C=O) groups is 1. The maximum Gasteiger partial charge on any atom is 0.324 e. The monoisotopic (exact) mass is 172 g/mol. The Kier molecular flexibility index (Phi) is 5.12. The number of rotatable bonds is 5. The third kappa shape index (κ3) is 5.73. The number of nitrogens with zero attached hydrogens (tertiary/aromatic N) is 1. The lowest BCUT2D eigenvalue weighted by atomic mass is 10.2. The third-order valence-electron chi connectivity index (χ3n) is 1.35. The fourth-order valence-electron chi connectivity index (χ4n) is 0.944. The Morgan fingerprint density at radius 3 is 2.67 bits per heavy atom. The molecule has 70 valence electrons. The number of aliphatic carboxylic acids is 1. The van der Waals surface area contributed by atoms with Crippen LogP contribution in [0.15, 0.2) is 11.8 Å². The van der Waals surface area contributed by atoms with Gasteiger partial charge in [0.05, 0.1) is 0 Å². The number of allylic oxidation sites excluding steroid dienone is 1. The van der Waals surface area contributed by atoms with Crippen LogP contribution in [0.25, 0.3) is 0 Å². The molecule has 0 saturated carbocycles. The Bertz CT molecular complexity index is 178. The quantitative estimate of drug-likeness (QED) is 0.478. The van der Waals surface area contributed by atoms with E-state index in [-0.39, 0.29) is 6.54 Å². The summed E-state index contributed by atoms with van der Waals surface area (Å²) < 4.78 is 0. The molecule has 4 nitrogen and oxygen atoms in total. The first-order valence-electron chi connectivity index (χ1n) is 3.96. The molecule has 0 saturated heterocycles. The lowest BCUT2D eigenvalue weighted by molar-refractivity contribution is -0.137. The highest BCUT2D eigenvalue weighted by Gasteiger charge is 2.00. The average molecular weight is 172 g/mol. The first kappa shape index (κ1) is 11.0. The van der Waals surface area contributed by atoms with Gasteiger partial charge in [-0.1, -0.05) is 18.9 Å². The molecular weight excluding hydrogens is 156 g/mol. The fourth-order valence-corrected chi connectivity index (χ4v) is 0.944. The van der Waals surface area contributed by atoms with Gasteiger partial charge in [0.2, 0.25) is 0 Å². The van der Waals surface area contributed by atoms with Crippen LogP contribution in [0, 0.1) is 0 Å². The first-order valence-corrected chi connectivity index (χ1v) is 3.96. The molecule has 0 aromatic carbocycles. The second-order valence-corrected chi connectivity index (χ2v) is 2.79. The van der Waals surface area contributed by atoms with Crippen LogP contribution in [0.3, 0.4) is 0 Å². The molecule has 0 aromatic heterocycles. The zero-order valence-electron chi connectivity index (χ0n) is 7.58. The molecule has 0 heterocycles. The predicted octanol–water partition coefficient (Wildman–Crippen LogP) is 0.951. The van der Waals surface area contributed by atoms with Crippen molar-refractivity contribution >= 4 is 5.97 Å². The molecule has 0 radical (unpaired) electrons. The van der Waals surface area contributed by atoms with Gasteiger partial charge < -0.3 is 10.1 Å². The summed E-state index contributed by atoms with van der Waals surface area (Å²) in [5.74, 6) is 4.46. The summed E-state index contributed by atoms with van der Waals surface area (Å²) in [6, 6.07) is 0. The van der Waals surface area contributed by atoms with E-state index in [1.807, 2.05) is 6.92 Å². The maximum absolute atomic E-state index is 10.2. The molecule has 0 amide bonds. The summed E-state index contributed by atoms with van der Waals surface area (Å²) >= 11 is 0. The van der Waals surface area contributed by atoms with Gasteiger partial charge in [-0.15, -0.1) is 0 Å². The zero-order chi connectivity index (χ0) is 9.56. The fraction of sp³-hybridized carbons (Fsp3) is 0.625. The van der Waals surface area contributed by atoms with Crippen molar-refractivity contribution in [1.82, 2.24) is 5.01 Å². The minimum atomic E-state index is -0.918. The van der Waals surface area contributed by atoms with Gasteiger partial charge in [-0.25, -0.2) is 5.84 Å². The molecule has 0 bridgehead atoms. The number of hydrogen-bond acceptors (Lipinski definition) is 3. The molecule has 12 heavy (non-hydrogen) atoms. The van der Waals surface area contributed by atoms with E-state index >= 15 is 0 Å². The standard InChI is InChI=1S/C8H16N2O2/c1-3-4-7(2)5-10(9)6-8(11)12/h5H,3-4,6,9H2,1-2H3,(H,11,12)/b7-5-. The number of carboxylic acids is 1. The van der Waals surface area contributed by atoms with Crippen molar-refractivity contribution in [1.29, 1.82) is 0 Å². The number of carboxylic acid groups (broad SMARTS) is 1. The van der Waals surface area contributed by atoms with Crippen LogP contribution in [-0.2, 0) is 4.79 Å². The topological polar surface area (TPSA) is 66.6 Å². The molecule has 0 spiro atoms. The first-order chi connectivity index (χ1) is 5.56. The van der Waals surface area contributed by atoms with Crippen LogP contribution in [-0.4, -0.2) is 22.6 Å². The molecule has 0 unspecified atom stereocenters. The summed E-state index contributed by atoms with van der Waals surface area (Å²) in [7, 11) is 0. The number of nitrogens with two attached hydrogens (primary N) is 1. The normalized spacial score (nSPS) is 11.4. The molecule has 0 fully saturated rings. The van der Waals surface area contributed by atoms with Crippen molar-refractivity contribution in [3.8, 4) is 0 Å². The predicted molar refractivity (Wildman–Crippen MR) is 47.2 cm³/mol. The minimum absolute atomic E-state index is 0.152. The van der Waals surface area contributed by atoms with E-state index in [2.05, 4.69) is 6.92 Å². The summed E-state index contributed by atoms with van der Waals surface area (Å²) in [6.07, 6.45) is 3.66. The van der Waals surface area contributed by atoms with Gasteiger partial charge in [0, 0.05) is 6.20 Å². The Labute approximate surface area is 72.6 Å². The molecular formula is C8H16N2O2. The van der Waals surface area contributed by atoms with Crippen molar-refractivity contribution < 1.29 is 9.90 Å². The van der Waals surface area contributed by atoms with Gasteiger partial charge in [-0.2, -0.15) is 0 Å². The molecule has 0 aliphatic heterocycles. The maximum atomic E-state index is 10.2. The minimum Gasteiger partial charge on any atom is -0.480 e. The van der Waals surface area contributed by atoms with Crippen LogP contribution in [0.4, 0.5) is 0 Å². The van der Waals surface area contributed by atoms with Crippen molar-refractivity contribution in [3.63, 3.8) is 0 Å². The van der Waals surface area contributed by atoms with E-state index in [4.69, 9.17) is 10.9 Å². The Morgan fingerprint density at radius 1 is 1.67 bits per heavy atom. The van der Waals surface area contributed by atoms with Crippen LogP contribution in [0.1, 0.15) is 26.7 Å². The molecule has 0 aliphatic carbocycles. The molecule has 0 rings (SSSR count).